The van der Waals surface area contributed by atoms with E-state index >= 15 is 0 Å². The van der Waals surface area contributed by atoms with E-state index in [1.165, 1.54) is 6.07 Å². The molecule has 1 aromatic carbocycles. The molecule has 0 saturated heterocycles. The molecule has 2 rings (SSSR count). The van der Waals surface area contributed by atoms with Crippen LogP contribution in [0.25, 0.3) is 0 Å². The quantitative estimate of drug-likeness (QED) is 0.848. The van der Waals surface area contributed by atoms with Crippen molar-refractivity contribution in [2.75, 3.05) is 5.73 Å². The van der Waals surface area contributed by atoms with Crippen molar-refractivity contribution in [2.45, 2.75) is 24.8 Å². The van der Waals surface area contributed by atoms with Gasteiger partial charge in [0.15, 0.2) is 0 Å². The maximum atomic E-state index is 13.6. The lowest BCUT2D eigenvalue weighted by atomic mass is 10.3. The Morgan fingerprint density at radius 3 is 2.60 bits per heavy atom. The van der Waals surface area contributed by atoms with Crippen LogP contribution in [0.5, 0.6) is 0 Å². The number of halogens is 1. The van der Waals surface area contributed by atoms with Crippen molar-refractivity contribution in [3.63, 3.8) is 0 Å². The summed E-state index contributed by atoms with van der Waals surface area (Å²) in [6.07, 6.45) is 0. The topological polar surface area (TPSA) is 85.3 Å². The number of rotatable bonds is 4. The minimum absolute atomic E-state index is 0.174. The van der Waals surface area contributed by atoms with Crippen molar-refractivity contribution in [1.82, 2.24) is 4.72 Å². The van der Waals surface area contributed by atoms with Gasteiger partial charge < -0.3 is 10.2 Å². The van der Waals surface area contributed by atoms with Gasteiger partial charge in [0.1, 0.15) is 22.2 Å². The Bertz CT molecular complexity index is 725. The summed E-state index contributed by atoms with van der Waals surface area (Å²) in [5.74, 6) is 0.270. The molecular formula is C13H15FN2O3S. The van der Waals surface area contributed by atoms with Gasteiger partial charge in [0.25, 0.3) is 0 Å². The van der Waals surface area contributed by atoms with Gasteiger partial charge in [-0.25, -0.2) is 17.5 Å². The van der Waals surface area contributed by atoms with Crippen molar-refractivity contribution >= 4 is 15.7 Å². The number of nitrogens with two attached hydrogens (primary N) is 1. The molecule has 7 heteroatoms. The summed E-state index contributed by atoms with van der Waals surface area (Å²) in [6.45, 7) is 3.36. The van der Waals surface area contributed by atoms with Crippen LogP contribution in [0.1, 0.15) is 24.5 Å². The summed E-state index contributed by atoms with van der Waals surface area (Å²) in [6, 6.07) is 6.17. The normalized spacial score (nSPS) is 13.3. The summed E-state index contributed by atoms with van der Waals surface area (Å²) in [7, 11) is -4.02. The van der Waals surface area contributed by atoms with Crippen LogP contribution in [0, 0.1) is 12.7 Å². The van der Waals surface area contributed by atoms with Crippen LogP contribution in [0.3, 0.4) is 0 Å². The summed E-state index contributed by atoms with van der Waals surface area (Å²) in [5.41, 5.74) is 5.67. The van der Waals surface area contributed by atoms with Crippen LogP contribution in [-0.4, -0.2) is 8.42 Å². The van der Waals surface area contributed by atoms with Crippen LogP contribution < -0.4 is 10.5 Å². The van der Waals surface area contributed by atoms with Crippen LogP contribution in [0.2, 0.25) is 0 Å². The van der Waals surface area contributed by atoms with E-state index in [-0.39, 0.29) is 5.69 Å². The predicted octanol–water partition coefficient (Wildman–Crippen LogP) is 2.35. The van der Waals surface area contributed by atoms with Gasteiger partial charge in [-0.2, -0.15) is 0 Å². The molecule has 0 aliphatic rings. The second-order valence-corrected chi connectivity index (χ2v) is 6.16. The van der Waals surface area contributed by atoms with Gasteiger partial charge in [-0.3, -0.25) is 0 Å². The van der Waals surface area contributed by atoms with E-state index in [2.05, 4.69) is 4.72 Å². The minimum Gasteiger partial charge on any atom is -0.465 e. The number of furan rings is 1. The number of sulfonamides is 1. The van der Waals surface area contributed by atoms with E-state index < -0.39 is 26.8 Å². The fourth-order valence-corrected chi connectivity index (χ4v) is 3.09. The Hall–Kier alpha value is -1.86. The Morgan fingerprint density at radius 2 is 2.00 bits per heavy atom. The first-order valence-electron chi connectivity index (χ1n) is 5.93. The van der Waals surface area contributed by atoms with Gasteiger partial charge in [0.05, 0.1) is 6.04 Å². The molecule has 20 heavy (non-hydrogen) atoms. The lowest BCUT2D eigenvalue weighted by Gasteiger charge is -2.13. The van der Waals surface area contributed by atoms with Gasteiger partial charge in [0.2, 0.25) is 10.0 Å². The highest BCUT2D eigenvalue weighted by Crippen LogP contribution is 2.22. The van der Waals surface area contributed by atoms with Crippen molar-refractivity contribution in [1.29, 1.82) is 0 Å². The summed E-state index contributed by atoms with van der Waals surface area (Å²) >= 11 is 0. The van der Waals surface area contributed by atoms with Crippen molar-refractivity contribution in [3.05, 3.63) is 47.7 Å². The Kier molecular flexibility index (Phi) is 3.82. The van der Waals surface area contributed by atoms with E-state index in [4.69, 9.17) is 10.2 Å². The van der Waals surface area contributed by atoms with E-state index in [0.29, 0.717) is 11.5 Å². The largest absolute Gasteiger partial charge is 0.465 e. The van der Waals surface area contributed by atoms with Crippen LogP contribution in [0.4, 0.5) is 10.1 Å². The van der Waals surface area contributed by atoms with Crippen LogP contribution in [-0.2, 0) is 10.0 Å². The fraction of sp³-hybridized carbons (Fsp3) is 0.231. The van der Waals surface area contributed by atoms with E-state index in [1.807, 2.05) is 0 Å². The van der Waals surface area contributed by atoms with Gasteiger partial charge in [-0.1, -0.05) is 0 Å². The second-order valence-electron chi connectivity index (χ2n) is 4.48. The number of hydrogen-bond donors (Lipinski definition) is 2. The number of nitrogens with one attached hydrogen (secondary N) is 1. The third-order valence-corrected chi connectivity index (χ3v) is 4.32. The molecule has 0 radical (unpaired) electrons. The van der Waals surface area contributed by atoms with Crippen LogP contribution in [0.15, 0.2) is 39.6 Å². The zero-order chi connectivity index (χ0) is 14.9. The zero-order valence-corrected chi connectivity index (χ0v) is 11.9. The lowest BCUT2D eigenvalue weighted by Crippen LogP contribution is -2.27. The Labute approximate surface area is 116 Å². The van der Waals surface area contributed by atoms with E-state index in [9.17, 15) is 12.8 Å². The Morgan fingerprint density at radius 1 is 1.30 bits per heavy atom. The first-order valence-corrected chi connectivity index (χ1v) is 7.41. The average molecular weight is 298 g/mol. The third kappa shape index (κ3) is 3.00. The average Bonchev–Trinajstić information content (AvgIpc) is 2.78. The summed E-state index contributed by atoms with van der Waals surface area (Å²) in [4.78, 5) is -0.479. The molecule has 1 unspecified atom stereocenters. The number of benzene rings is 1. The van der Waals surface area contributed by atoms with E-state index in [0.717, 1.165) is 12.1 Å². The molecule has 5 nitrogen and oxygen atoms in total. The molecule has 0 fully saturated rings. The van der Waals surface area contributed by atoms with Gasteiger partial charge >= 0.3 is 0 Å². The number of anilines is 1. The molecule has 108 valence electrons. The molecule has 2 aromatic rings. The fourth-order valence-electron chi connectivity index (χ4n) is 1.77. The molecule has 0 spiro atoms. The maximum Gasteiger partial charge on any atom is 0.244 e. The smallest absolute Gasteiger partial charge is 0.244 e. The predicted molar refractivity (Wildman–Crippen MR) is 73.0 cm³/mol. The minimum atomic E-state index is -4.02. The molecule has 1 heterocycles. The summed E-state index contributed by atoms with van der Waals surface area (Å²) in [5, 5.41) is 0. The second kappa shape index (κ2) is 5.26. The third-order valence-electron chi connectivity index (χ3n) is 2.76. The molecule has 0 bridgehead atoms. The SMILES string of the molecule is Cc1ccc(C(C)NS(=O)(=O)c2cc(N)ccc2F)o1. The highest BCUT2D eigenvalue weighted by molar-refractivity contribution is 7.89. The molecular weight excluding hydrogens is 283 g/mol. The van der Waals surface area contributed by atoms with Gasteiger partial charge in [-0.15, -0.1) is 0 Å². The first-order chi connectivity index (χ1) is 9.29. The van der Waals surface area contributed by atoms with Crippen molar-refractivity contribution < 1.29 is 17.2 Å². The molecule has 0 aliphatic heterocycles. The molecule has 0 saturated carbocycles. The standard InChI is InChI=1S/C13H15FN2O3S/c1-8-3-6-12(19-8)9(2)16-20(17,18)13-7-10(15)4-5-11(13)14/h3-7,9,16H,15H2,1-2H3. The number of hydrogen-bond acceptors (Lipinski definition) is 4. The van der Waals surface area contributed by atoms with Crippen molar-refractivity contribution in [2.24, 2.45) is 0 Å². The number of nitrogen functional groups attached to an aromatic ring is 1. The maximum absolute atomic E-state index is 13.6. The molecule has 1 atom stereocenters. The van der Waals surface area contributed by atoms with Crippen molar-refractivity contribution in [3.8, 4) is 0 Å². The zero-order valence-electron chi connectivity index (χ0n) is 11.1. The Balaban J connectivity index is 2.29. The number of aryl methyl sites for hydroxylation is 1. The molecule has 3 N–H and O–H groups in total. The lowest BCUT2D eigenvalue weighted by molar-refractivity contribution is 0.440. The first kappa shape index (κ1) is 14.5. The molecule has 0 amide bonds. The summed E-state index contributed by atoms with van der Waals surface area (Å²) < 4.78 is 45.6. The molecule has 0 aliphatic carbocycles. The van der Waals surface area contributed by atoms with Gasteiger partial charge in [-0.05, 0) is 44.2 Å². The van der Waals surface area contributed by atoms with Gasteiger partial charge in [0, 0.05) is 5.69 Å². The van der Waals surface area contributed by atoms with Crippen LogP contribution >= 0.6 is 0 Å². The highest BCUT2D eigenvalue weighted by Gasteiger charge is 2.23. The van der Waals surface area contributed by atoms with E-state index in [1.54, 1.807) is 26.0 Å². The monoisotopic (exact) mass is 298 g/mol. The highest BCUT2D eigenvalue weighted by atomic mass is 32.2. The molecule has 1 aromatic heterocycles.